The van der Waals surface area contributed by atoms with E-state index >= 15 is 0 Å². The summed E-state index contributed by atoms with van der Waals surface area (Å²) in [6.07, 6.45) is 0.227. The van der Waals surface area contributed by atoms with Gasteiger partial charge in [0.2, 0.25) is 0 Å². The molecule has 0 radical (unpaired) electrons. The molecule has 0 amide bonds. The third-order valence-electron chi connectivity index (χ3n) is 3.54. The molecule has 136 valence electrons. The Morgan fingerprint density at radius 1 is 1.15 bits per heavy atom. The minimum Gasteiger partial charge on any atom is -0.433 e. The summed E-state index contributed by atoms with van der Waals surface area (Å²) in [6.45, 7) is 3.47. The summed E-state index contributed by atoms with van der Waals surface area (Å²) in [6, 6.07) is 10.5. The Kier molecular flexibility index (Phi) is 5.51. The lowest BCUT2D eigenvalue weighted by Crippen LogP contribution is -2.19. The highest BCUT2D eigenvalue weighted by Gasteiger charge is 2.23. The quantitative estimate of drug-likeness (QED) is 0.562. The second kappa shape index (κ2) is 7.82. The van der Waals surface area contributed by atoms with E-state index in [1.165, 1.54) is 17.8 Å². The number of benzene rings is 1. The average molecular weight is 376 g/mol. The van der Waals surface area contributed by atoms with Crippen molar-refractivity contribution >= 4 is 11.8 Å². The first-order chi connectivity index (χ1) is 12.5. The first-order valence-electron chi connectivity index (χ1n) is 8.08. The summed E-state index contributed by atoms with van der Waals surface area (Å²) in [5, 5.41) is 9.31. The summed E-state index contributed by atoms with van der Waals surface area (Å²) < 4.78 is 32.6. The molecule has 1 aromatic carbocycles. The number of aromatic nitrogens is 4. The van der Waals surface area contributed by atoms with Crippen LogP contribution in [-0.4, -0.2) is 25.9 Å². The fourth-order valence-electron chi connectivity index (χ4n) is 2.45. The third-order valence-corrected chi connectivity index (χ3v) is 4.57. The van der Waals surface area contributed by atoms with Gasteiger partial charge in [0.15, 0.2) is 11.0 Å². The van der Waals surface area contributed by atoms with E-state index in [9.17, 15) is 8.78 Å². The number of ether oxygens (including phenoxy) is 1. The van der Waals surface area contributed by atoms with Gasteiger partial charge < -0.3 is 9.30 Å². The molecule has 0 unspecified atom stereocenters. The maximum atomic E-state index is 13.0. The van der Waals surface area contributed by atoms with Crippen LogP contribution in [0.2, 0.25) is 0 Å². The fourth-order valence-corrected chi connectivity index (χ4v) is 3.39. The van der Waals surface area contributed by atoms with Crippen molar-refractivity contribution in [1.82, 2.24) is 19.7 Å². The molecule has 8 heteroatoms. The van der Waals surface area contributed by atoms with Gasteiger partial charge in [-0.1, -0.05) is 23.9 Å². The van der Waals surface area contributed by atoms with Gasteiger partial charge in [0, 0.05) is 37.2 Å². The monoisotopic (exact) mass is 376 g/mol. The van der Waals surface area contributed by atoms with E-state index < -0.39 is 6.11 Å². The molecule has 2 heterocycles. The van der Waals surface area contributed by atoms with Gasteiger partial charge >= 0.3 is 6.11 Å². The maximum absolute atomic E-state index is 13.0. The van der Waals surface area contributed by atoms with Crippen LogP contribution in [0.4, 0.5) is 8.78 Å². The molecule has 2 aromatic heterocycles. The number of rotatable bonds is 7. The van der Waals surface area contributed by atoms with Crippen LogP contribution < -0.4 is 4.74 Å². The summed E-state index contributed by atoms with van der Waals surface area (Å²) in [7, 11) is 0. The predicted octanol–water partition coefficient (Wildman–Crippen LogP) is 4.64. The predicted molar refractivity (Wildman–Crippen MR) is 96.2 cm³/mol. The highest BCUT2D eigenvalue weighted by Crippen LogP contribution is 2.28. The van der Waals surface area contributed by atoms with Crippen molar-refractivity contribution in [2.24, 2.45) is 0 Å². The van der Waals surface area contributed by atoms with Crippen LogP contribution in [0, 0.1) is 0 Å². The van der Waals surface area contributed by atoms with Crippen molar-refractivity contribution in [2.45, 2.75) is 37.4 Å². The van der Waals surface area contributed by atoms with Crippen molar-refractivity contribution in [3.05, 3.63) is 54.4 Å². The number of alkyl halides is 2. The summed E-state index contributed by atoms with van der Waals surface area (Å²) in [5.74, 6) is 1.49. The van der Waals surface area contributed by atoms with E-state index in [0.717, 1.165) is 35.6 Å². The molecular formula is C18H18F2N4OS. The van der Waals surface area contributed by atoms with Crippen LogP contribution in [0.1, 0.15) is 19.4 Å². The molecule has 3 aromatic rings. The minimum absolute atomic E-state index is 0.144. The van der Waals surface area contributed by atoms with E-state index in [1.807, 2.05) is 29.7 Å². The van der Waals surface area contributed by atoms with Crippen molar-refractivity contribution < 1.29 is 13.5 Å². The Bertz CT molecular complexity index is 865. The van der Waals surface area contributed by atoms with E-state index in [1.54, 1.807) is 24.5 Å². The minimum atomic E-state index is -3.20. The highest BCUT2D eigenvalue weighted by molar-refractivity contribution is 7.98. The number of nitrogens with zero attached hydrogens (tertiary/aromatic N) is 4. The Morgan fingerprint density at radius 3 is 2.62 bits per heavy atom. The number of hydrogen-bond acceptors (Lipinski definition) is 5. The fraction of sp³-hybridized carbons (Fsp3) is 0.278. The topological polar surface area (TPSA) is 52.8 Å². The Labute approximate surface area is 154 Å². The molecule has 0 bridgehead atoms. The van der Waals surface area contributed by atoms with Crippen LogP contribution >= 0.6 is 11.8 Å². The van der Waals surface area contributed by atoms with Gasteiger partial charge in [0.05, 0.1) is 0 Å². The van der Waals surface area contributed by atoms with Crippen LogP contribution in [0.25, 0.3) is 11.4 Å². The van der Waals surface area contributed by atoms with Crippen molar-refractivity contribution in [3.63, 3.8) is 0 Å². The summed E-state index contributed by atoms with van der Waals surface area (Å²) in [5.41, 5.74) is 1.81. The largest absolute Gasteiger partial charge is 0.433 e. The Hall–Kier alpha value is -2.48. The van der Waals surface area contributed by atoms with Crippen LogP contribution in [0.5, 0.6) is 5.75 Å². The smallest absolute Gasteiger partial charge is 0.394 e. The van der Waals surface area contributed by atoms with Gasteiger partial charge in [-0.3, -0.25) is 4.98 Å². The van der Waals surface area contributed by atoms with E-state index in [-0.39, 0.29) is 5.75 Å². The number of pyridine rings is 1. The van der Waals surface area contributed by atoms with Crippen molar-refractivity contribution in [2.75, 3.05) is 0 Å². The van der Waals surface area contributed by atoms with Gasteiger partial charge in [-0.2, -0.15) is 8.78 Å². The lowest BCUT2D eigenvalue weighted by atomic mass is 10.2. The van der Waals surface area contributed by atoms with Crippen LogP contribution in [0.3, 0.4) is 0 Å². The molecule has 0 aliphatic heterocycles. The first kappa shape index (κ1) is 18.3. The highest BCUT2D eigenvalue weighted by atomic mass is 32.2. The second-order valence-electron chi connectivity index (χ2n) is 5.63. The van der Waals surface area contributed by atoms with Gasteiger partial charge in [0.25, 0.3) is 0 Å². The van der Waals surface area contributed by atoms with E-state index in [4.69, 9.17) is 0 Å². The number of halogens is 2. The molecule has 26 heavy (non-hydrogen) atoms. The molecule has 0 atom stereocenters. The molecule has 0 N–H and O–H groups in total. The normalized spacial score (nSPS) is 11.5. The van der Waals surface area contributed by atoms with Crippen molar-refractivity contribution in [1.29, 1.82) is 0 Å². The molecule has 0 spiro atoms. The lowest BCUT2D eigenvalue weighted by molar-refractivity contribution is -0.158. The zero-order valence-electron chi connectivity index (χ0n) is 14.4. The van der Waals surface area contributed by atoms with Gasteiger partial charge in [-0.25, -0.2) is 0 Å². The molecule has 0 aliphatic carbocycles. The van der Waals surface area contributed by atoms with Gasteiger partial charge in [0.1, 0.15) is 5.75 Å². The SMILES string of the molecule is CCn1c(SCc2cccc(OC(C)(F)F)c2)nnc1-c1ccncc1. The Balaban J connectivity index is 1.74. The molecule has 0 saturated carbocycles. The Morgan fingerprint density at radius 2 is 1.92 bits per heavy atom. The molecular weight excluding hydrogens is 358 g/mol. The van der Waals surface area contributed by atoms with Crippen LogP contribution in [-0.2, 0) is 12.3 Å². The lowest BCUT2D eigenvalue weighted by Gasteiger charge is -2.13. The molecule has 5 nitrogen and oxygen atoms in total. The van der Waals surface area contributed by atoms with Crippen LogP contribution in [0.15, 0.2) is 53.9 Å². The summed E-state index contributed by atoms with van der Waals surface area (Å²) >= 11 is 1.50. The number of thioether (sulfide) groups is 1. The second-order valence-corrected chi connectivity index (χ2v) is 6.57. The third kappa shape index (κ3) is 4.57. The van der Waals surface area contributed by atoms with Crippen molar-refractivity contribution in [3.8, 4) is 17.1 Å². The first-order valence-corrected chi connectivity index (χ1v) is 9.07. The molecule has 3 rings (SSSR count). The zero-order valence-corrected chi connectivity index (χ0v) is 15.2. The molecule has 0 saturated heterocycles. The molecule has 0 aliphatic rings. The zero-order chi connectivity index (χ0) is 18.6. The van der Waals surface area contributed by atoms with E-state index in [0.29, 0.717) is 5.75 Å². The average Bonchev–Trinajstić information content (AvgIpc) is 3.02. The number of hydrogen-bond donors (Lipinski definition) is 0. The standard InChI is InChI=1S/C18H18F2N4OS/c1-3-24-16(14-7-9-21-10-8-14)22-23-17(24)26-12-13-5-4-6-15(11-13)25-18(2,19)20/h4-11H,3,12H2,1-2H3. The van der Waals surface area contributed by atoms with E-state index in [2.05, 4.69) is 19.9 Å². The van der Waals surface area contributed by atoms with Gasteiger partial charge in [-0.15, -0.1) is 10.2 Å². The summed E-state index contributed by atoms with van der Waals surface area (Å²) in [4.78, 5) is 4.01. The molecule has 0 fully saturated rings. The van der Waals surface area contributed by atoms with Gasteiger partial charge in [-0.05, 0) is 36.8 Å². The maximum Gasteiger partial charge on any atom is 0.394 e.